The molecule has 4 heterocycles. The van der Waals surface area contributed by atoms with Gasteiger partial charge >= 0.3 is 0 Å². The number of nitrogens with zero attached hydrogens (tertiary/aromatic N) is 4. The number of Topliss-reactive ketones (excluding diaryl/α,β-unsaturated/α-hetero) is 1. The number of H-pyrrole nitrogens is 1. The van der Waals surface area contributed by atoms with Crippen LogP contribution in [-0.4, -0.2) is 62.9 Å². The van der Waals surface area contributed by atoms with E-state index in [0.29, 0.717) is 48.0 Å². The Balaban J connectivity index is 1.21. The van der Waals surface area contributed by atoms with Crippen LogP contribution < -0.4 is 9.47 Å². The number of likely N-dealkylation sites (tertiary alicyclic amines) is 1. The Labute approximate surface area is 185 Å². The Morgan fingerprint density at radius 1 is 1.25 bits per heavy atom. The number of methoxy groups -OCH3 is 1. The van der Waals surface area contributed by atoms with Gasteiger partial charge in [0, 0.05) is 38.3 Å². The van der Waals surface area contributed by atoms with Crippen LogP contribution in [0.1, 0.15) is 40.1 Å². The fourth-order valence-corrected chi connectivity index (χ4v) is 4.49. The minimum atomic E-state index is -0.162. The van der Waals surface area contributed by atoms with Gasteiger partial charge in [-0.15, -0.1) is 0 Å². The third-order valence-corrected chi connectivity index (χ3v) is 6.31. The molecule has 2 aliphatic rings. The van der Waals surface area contributed by atoms with E-state index in [1.807, 2.05) is 18.1 Å². The number of piperidine rings is 1. The van der Waals surface area contributed by atoms with Crippen molar-refractivity contribution in [3.05, 3.63) is 47.9 Å². The lowest BCUT2D eigenvalue weighted by atomic mass is 9.86. The summed E-state index contributed by atoms with van der Waals surface area (Å²) in [6, 6.07) is 7.10. The van der Waals surface area contributed by atoms with Crippen LogP contribution in [0, 0.1) is 5.92 Å². The summed E-state index contributed by atoms with van der Waals surface area (Å²) in [5.41, 5.74) is 2.60. The number of rotatable bonds is 4. The second-order valence-corrected chi connectivity index (χ2v) is 8.34. The number of hydrogen-bond acceptors (Lipinski definition) is 6. The first kappa shape index (κ1) is 20.3. The predicted molar refractivity (Wildman–Crippen MR) is 116 cm³/mol. The molecule has 1 fully saturated rings. The van der Waals surface area contributed by atoms with Gasteiger partial charge in [-0.2, -0.15) is 10.2 Å². The monoisotopic (exact) mass is 435 g/mol. The van der Waals surface area contributed by atoms with E-state index < -0.39 is 0 Å². The topological polar surface area (TPSA) is 102 Å². The number of benzene rings is 1. The summed E-state index contributed by atoms with van der Waals surface area (Å²) in [5, 5.41) is 11.3. The van der Waals surface area contributed by atoms with Crippen LogP contribution in [0.2, 0.25) is 0 Å². The van der Waals surface area contributed by atoms with Crippen LogP contribution >= 0.6 is 0 Å². The number of amides is 1. The van der Waals surface area contributed by atoms with Crippen molar-refractivity contribution < 1.29 is 19.1 Å². The predicted octanol–water partition coefficient (Wildman–Crippen LogP) is 2.71. The molecule has 9 nitrogen and oxygen atoms in total. The number of hydrogen-bond donors (Lipinski definition) is 1. The Bertz CT molecular complexity index is 1160. The molecular formula is C23H25N5O4. The van der Waals surface area contributed by atoms with Gasteiger partial charge in [0.15, 0.2) is 5.78 Å². The zero-order valence-corrected chi connectivity index (χ0v) is 18.1. The van der Waals surface area contributed by atoms with E-state index >= 15 is 0 Å². The van der Waals surface area contributed by atoms with Crippen molar-refractivity contribution in [1.29, 1.82) is 0 Å². The number of aryl methyl sites for hydroxylation is 1. The number of nitrogens with one attached hydrogen (secondary N) is 1. The van der Waals surface area contributed by atoms with Gasteiger partial charge in [0.2, 0.25) is 0 Å². The molecule has 0 saturated carbocycles. The number of carbonyl (C=O) groups is 2. The van der Waals surface area contributed by atoms with Gasteiger partial charge in [-0.3, -0.25) is 19.4 Å². The first-order chi connectivity index (χ1) is 15.5. The fourth-order valence-electron chi connectivity index (χ4n) is 4.49. The molecule has 1 aromatic carbocycles. The van der Waals surface area contributed by atoms with Gasteiger partial charge < -0.3 is 14.4 Å². The van der Waals surface area contributed by atoms with Crippen molar-refractivity contribution in [2.24, 2.45) is 13.0 Å². The highest BCUT2D eigenvalue weighted by atomic mass is 16.5. The molecule has 2 aliphatic heterocycles. The van der Waals surface area contributed by atoms with Crippen molar-refractivity contribution in [1.82, 2.24) is 24.9 Å². The number of aromatic nitrogens is 4. The first-order valence-electron chi connectivity index (χ1n) is 10.7. The average Bonchev–Trinajstić information content (AvgIpc) is 3.48. The van der Waals surface area contributed by atoms with Crippen molar-refractivity contribution in [3.63, 3.8) is 0 Å². The lowest BCUT2D eigenvalue weighted by Crippen LogP contribution is -2.44. The van der Waals surface area contributed by atoms with Gasteiger partial charge in [0.1, 0.15) is 23.3 Å². The molecule has 1 atom stereocenters. The van der Waals surface area contributed by atoms with E-state index in [1.54, 1.807) is 42.3 Å². The van der Waals surface area contributed by atoms with E-state index in [0.717, 1.165) is 18.4 Å². The molecular weight excluding hydrogens is 410 g/mol. The van der Waals surface area contributed by atoms with Gasteiger partial charge in [-0.1, -0.05) is 0 Å². The molecule has 1 saturated heterocycles. The smallest absolute Gasteiger partial charge is 0.271 e. The number of carbonyl (C=O) groups excluding carboxylic acids is 2. The van der Waals surface area contributed by atoms with Gasteiger partial charge in [-0.25, -0.2) is 0 Å². The maximum absolute atomic E-state index is 12.9. The van der Waals surface area contributed by atoms with Crippen molar-refractivity contribution in [2.75, 3.05) is 20.2 Å². The second kappa shape index (κ2) is 8.14. The summed E-state index contributed by atoms with van der Waals surface area (Å²) < 4.78 is 13.1. The second-order valence-electron chi connectivity index (χ2n) is 8.34. The Hall–Kier alpha value is -3.62. The van der Waals surface area contributed by atoms with E-state index in [9.17, 15) is 9.59 Å². The maximum Gasteiger partial charge on any atom is 0.271 e. The quantitative estimate of drug-likeness (QED) is 0.676. The summed E-state index contributed by atoms with van der Waals surface area (Å²) >= 11 is 0. The number of ether oxygens (including phenoxy) is 2. The Morgan fingerprint density at radius 3 is 2.78 bits per heavy atom. The molecule has 166 valence electrons. The highest BCUT2D eigenvalue weighted by Crippen LogP contribution is 2.35. The number of aromatic amines is 1. The third kappa shape index (κ3) is 3.74. The normalized spacial score (nSPS) is 18.9. The van der Waals surface area contributed by atoms with Crippen LogP contribution in [0.4, 0.5) is 0 Å². The van der Waals surface area contributed by atoms with Gasteiger partial charge in [-0.05, 0) is 43.0 Å². The van der Waals surface area contributed by atoms with E-state index in [4.69, 9.17) is 9.47 Å². The van der Waals surface area contributed by atoms with Crippen molar-refractivity contribution in [2.45, 2.75) is 25.4 Å². The molecule has 3 aromatic rings. The molecule has 1 N–H and O–H groups in total. The Morgan fingerprint density at radius 2 is 2.06 bits per heavy atom. The largest absolute Gasteiger partial charge is 0.497 e. The van der Waals surface area contributed by atoms with E-state index in [-0.39, 0.29) is 23.7 Å². The molecule has 0 spiro atoms. The third-order valence-electron chi connectivity index (χ3n) is 6.31. The fraction of sp³-hybridized carbons (Fsp3) is 0.391. The molecule has 1 amide bonds. The molecule has 32 heavy (non-hydrogen) atoms. The molecule has 0 radical (unpaired) electrons. The van der Waals surface area contributed by atoms with Crippen molar-refractivity contribution in [3.8, 4) is 22.8 Å². The summed E-state index contributed by atoms with van der Waals surface area (Å²) in [4.78, 5) is 27.4. The molecule has 5 rings (SSSR count). The minimum absolute atomic E-state index is 0.0656. The van der Waals surface area contributed by atoms with Crippen molar-refractivity contribution >= 4 is 11.7 Å². The van der Waals surface area contributed by atoms with E-state index in [1.165, 1.54) is 0 Å². The summed E-state index contributed by atoms with van der Waals surface area (Å²) in [7, 11) is 3.42. The Kier molecular flexibility index (Phi) is 5.16. The van der Waals surface area contributed by atoms with Crippen LogP contribution in [0.3, 0.4) is 0 Å². The highest BCUT2D eigenvalue weighted by molar-refractivity contribution is 6.00. The van der Waals surface area contributed by atoms with Crippen LogP contribution in [-0.2, 0) is 7.05 Å². The molecule has 9 heteroatoms. The van der Waals surface area contributed by atoms with Gasteiger partial charge in [0.25, 0.3) is 5.91 Å². The highest BCUT2D eigenvalue weighted by Gasteiger charge is 2.35. The zero-order chi connectivity index (χ0) is 22.2. The van der Waals surface area contributed by atoms with Gasteiger partial charge in [0.05, 0.1) is 24.6 Å². The summed E-state index contributed by atoms with van der Waals surface area (Å²) in [6.45, 7) is 1.24. The summed E-state index contributed by atoms with van der Waals surface area (Å²) in [6.07, 6.45) is 5.35. The first-order valence-corrected chi connectivity index (χ1v) is 10.7. The van der Waals surface area contributed by atoms with E-state index in [2.05, 4.69) is 15.3 Å². The lowest BCUT2D eigenvalue weighted by molar-refractivity contribution is 0.0449. The molecule has 0 bridgehead atoms. The minimum Gasteiger partial charge on any atom is -0.497 e. The van der Waals surface area contributed by atoms with Crippen LogP contribution in [0.15, 0.2) is 36.7 Å². The molecule has 0 unspecified atom stereocenters. The molecule has 0 aliphatic carbocycles. The standard InChI is InChI=1S/C23H25N5O4/c1-27-13-15(12-24-27)18-10-19(26-25-18)23(30)28-7-5-14(6-8-28)22-11-20(29)17-9-16(31-2)3-4-21(17)32-22/h3-4,9-10,12-14,22H,5-8,11H2,1-2H3,(H,25,26)/t22-/m0/s1. The number of ketones is 1. The van der Waals surface area contributed by atoms with Crippen LogP contribution in [0.25, 0.3) is 11.3 Å². The van der Waals surface area contributed by atoms with Crippen LogP contribution in [0.5, 0.6) is 11.5 Å². The average molecular weight is 435 g/mol. The summed E-state index contributed by atoms with van der Waals surface area (Å²) in [5.74, 6) is 1.51. The SMILES string of the molecule is COc1ccc2c(c1)C(=O)C[C@@H](C1CCN(C(=O)c3cc(-c4cnn(C)c4)n[nH]3)CC1)O2. The lowest BCUT2D eigenvalue weighted by Gasteiger charge is -2.37. The number of fused-ring (bicyclic) bond motifs is 1. The molecule has 2 aromatic heterocycles. The zero-order valence-electron chi connectivity index (χ0n) is 18.1. The maximum atomic E-state index is 12.9.